The highest BCUT2D eigenvalue weighted by Crippen LogP contribution is 2.10. The lowest BCUT2D eigenvalue weighted by Crippen LogP contribution is -2.31. The van der Waals surface area contributed by atoms with Crippen LogP contribution in [0, 0.1) is 0 Å². The summed E-state index contributed by atoms with van der Waals surface area (Å²) < 4.78 is 14.6. The smallest absolute Gasteiger partial charge is 0.265 e. The maximum Gasteiger partial charge on any atom is 0.265 e. The Kier molecular flexibility index (Phi) is 4.64. The molecular weight excluding hydrogens is 253 g/mol. The number of alkyl halides is 1. The first-order chi connectivity index (χ1) is 7.16. The summed E-state index contributed by atoms with van der Waals surface area (Å²) in [6.07, 6.45) is 1.14. The molecule has 4 nitrogen and oxygen atoms in total. The summed E-state index contributed by atoms with van der Waals surface area (Å²) in [7, 11) is 1.82. The van der Waals surface area contributed by atoms with Gasteiger partial charge in [-0.25, -0.2) is 4.39 Å². The first kappa shape index (κ1) is 13.3. The van der Waals surface area contributed by atoms with Crippen molar-refractivity contribution in [3.8, 4) is 0 Å². The number of hydrogen-bond donors (Lipinski definition) is 1. The molecule has 1 aromatic heterocycles. The number of carbonyl (C=O) groups excluding carboxylic acids is 1. The molecule has 0 bridgehead atoms. The Morgan fingerprint density at radius 3 is 3.00 bits per heavy atom. The predicted octanol–water partition coefficient (Wildman–Crippen LogP) is 0.636. The molecule has 2 rings (SSSR count). The summed E-state index contributed by atoms with van der Waals surface area (Å²) in [6.45, 7) is 0.252. The fourth-order valence-electron chi connectivity index (χ4n) is 1.49. The number of carbonyl (C=O) groups is 1. The molecule has 7 heteroatoms. The van der Waals surface area contributed by atoms with Gasteiger partial charge in [0, 0.05) is 31.6 Å². The second kappa shape index (κ2) is 5.56. The fraction of sp³-hybridized carbons (Fsp3) is 0.556. The largest absolute Gasteiger partial charge is 0.327 e. The molecule has 0 unspecified atom stereocenters. The van der Waals surface area contributed by atoms with Gasteiger partial charge in [-0.15, -0.1) is 23.7 Å². The number of hydrogen-bond acceptors (Lipinski definition) is 3. The van der Waals surface area contributed by atoms with E-state index in [0.717, 1.165) is 0 Å². The van der Waals surface area contributed by atoms with Gasteiger partial charge in [0.15, 0.2) is 4.80 Å². The molecule has 0 radical (unpaired) electrons. The number of halogens is 2. The minimum Gasteiger partial charge on any atom is -0.327 e. The number of rotatable bonds is 1. The Labute approximate surface area is 103 Å². The van der Waals surface area contributed by atoms with E-state index in [1.54, 1.807) is 4.57 Å². The molecule has 2 atom stereocenters. The summed E-state index contributed by atoms with van der Waals surface area (Å²) in [6, 6.07) is -0.456. The molecule has 1 aromatic rings. The van der Waals surface area contributed by atoms with Crippen molar-refractivity contribution in [2.24, 2.45) is 12.0 Å². The third kappa shape index (κ3) is 2.90. The van der Waals surface area contributed by atoms with Crippen LogP contribution < -0.4 is 10.1 Å². The van der Waals surface area contributed by atoms with Gasteiger partial charge in [0.1, 0.15) is 6.17 Å². The van der Waals surface area contributed by atoms with Crippen molar-refractivity contribution in [2.45, 2.75) is 18.6 Å². The van der Waals surface area contributed by atoms with Crippen molar-refractivity contribution < 1.29 is 9.18 Å². The molecule has 16 heavy (non-hydrogen) atoms. The Balaban J connectivity index is 0.00000128. The monoisotopic (exact) mass is 265 g/mol. The Hall–Kier alpha value is -0.720. The van der Waals surface area contributed by atoms with Crippen LogP contribution in [0.25, 0.3) is 0 Å². The van der Waals surface area contributed by atoms with Crippen LogP contribution in [0.1, 0.15) is 6.42 Å². The molecule has 0 spiro atoms. The van der Waals surface area contributed by atoms with E-state index >= 15 is 0 Å². The Bertz CT molecular complexity index is 430. The van der Waals surface area contributed by atoms with E-state index < -0.39 is 12.2 Å². The first-order valence-corrected chi connectivity index (χ1v) is 5.61. The molecule has 0 saturated carbocycles. The summed E-state index contributed by atoms with van der Waals surface area (Å²) in [5.74, 6) is -0.284. The molecule has 1 aliphatic heterocycles. The van der Waals surface area contributed by atoms with E-state index in [-0.39, 0.29) is 31.3 Å². The van der Waals surface area contributed by atoms with Gasteiger partial charge < -0.3 is 9.88 Å². The first-order valence-electron chi connectivity index (χ1n) is 4.73. The summed E-state index contributed by atoms with van der Waals surface area (Å²) in [5.41, 5.74) is 0. The van der Waals surface area contributed by atoms with Crippen molar-refractivity contribution in [1.82, 2.24) is 9.88 Å². The highest BCUT2D eigenvalue weighted by atomic mass is 35.5. The van der Waals surface area contributed by atoms with Crippen LogP contribution in [-0.4, -0.2) is 29.2 Å². The van der Waals surface area contributed by atoms with Crippen LogP contribution >= 0.6 is 23.7 Å². The standard InChI is InChI=1S/C9H12FN3OS.ClH/c1-13-2-3-15-9(13)12-8(14)7-4-6(10)5-11-7;/h2-3,6-7,11H,4-5H2,1H3;1H/t6-,7+;/m0./s1. The highest BCUT2D eigenvalue weighted by Gasteiger charge is 2.28. The number of thiazole rings is 1. The third-order valence-corrected chi connectivity index (χ3v) is 3.19. The molecule has 0 aromatic carbocycles. The van der Waals surface area contributed by atoms with Crippen LogP contribution in [0.3, 0.4) is 0 Å². The van der Waals surface area contributed by atoms with Crippen molar-refractivity contribution in [1.29, 1.82) is 0 Å². The average Bonchev–Trinajstić information content (AvgIpc) is 2.77. The maximum atomic E-state index is 12.8. The van der Waals surface area contributed by atoms with E-state index in [1.807, 2.05) is 18.6 Å². The van der Waals surface area contributed by atoms with Crippen molar-refractivity contribution in [2.75, 3.05) is 6.54 Å². The molecule has 1 saturated heterocycles. The van der Waals surface area contributed by atoms with Gasteiger partial charge in [-0.2, -0.15) is 4.99 Å². The lowest BCUT2D eigenvalue weighted by Gasteiger charge is -2.02. The number of nitrogens with zero attached hydrogens (tertiary/aromatic N) is 2. The summed E-state index contributed by atoms with van der Waals surface area (Å²) in [5, 5.41) is 4.67. The predicted molar refractivity (Wildman–Crippen MR) is 62.4 cm³/mol. The quantitative estimate of drug-likeness (QED) is 0.810. The van der Waals surface area contributed by atoms with E-state index in [1.165, 1.54) is 11.3 Å². The Morgan fingerprint density at radius 1 is 1.75 bits per heavy atom. The number of aryl methyl sites for hydroxylation is 1. The zero-order valence-electron chi connectivity index (χ0n) is 8.72. The second-order valence-corrected chi connectivity index (χ2v) is 4.41. The number of aromatic nitrogens is 1. The molecule has 1 fully saturated rings. The van der Waals surface area contributed by atoms with E-state index in [2.05, 4.69) is 10.3 Å². The van der Waals surface area contributed by atoms with Gasteiger partial charge >= 0.3 is 0 Å². The van der Waals surface area contributed by atoms with Gasteiger partial charge in [-0.3, -0.25) is 4.79 Å². The van der Waals surface area contributed by atoms with Crippen LogP contribution in [0.5, 0.6) is 0 Å². The highest BCUT2D eigenvalue weighted by molar-refractivity contribution is 7.07. The lowest BCUT2D eigenvalue weighted by molar-refractivity contribution is -0.119. The summed E-state index contributed by atoms with van der Waals surface area (Å²) >= 11 is 1.39. The van der Waals surface area contributed by atoms with Gasteiger partial charge in [0.05, 0.1) is 6.04 Å². The van der Waals surface area contributed by atoms with E-state index in [4.69, 9.17) is 0 Å². The molecule has 90 valence electrons. The zero-order chi connectivity index (χ0) is 10.8. The van der Waals surface area contributed by atoms with Crippen molar-refractivity contribution in [3.63, 3.8) is 0 Å². The zero-order valence-corrected chi connectivity index (χ0v) is 10.4. The maximum absolute atomic E-state index is 12.8. The van der Waals surface area contributed by atoms with Crippen molar-refractivity contribution in [3.05, 3.63) is 16.4 Å². The van der Waals surface area contributed by atoms with Gasteiger partial charge in [-0.05, 0) is 0 Å². The fourth-order valence-corrected chi connectivity index (χ4v) is 2.22. The molecule has 1 amide bonds. The van der Waals surface area contributed by atoms with Crippen LogP contribution in [-0.2, 0) is 11.8 Å². The average molecular weight is 266 g/mol. The molecular formula is C9H13ClFN3OS. The second-order valence-electron chi connectivity index (χ2n) is 3.54. The van der Waals surface area contributed by atoms with Crippen LogP contribution in [0.2, 0.25) is 0 Å². The summed E-state index contributed by atoms with van der Waals surface area (Å²) in [4.78, 5) is 16.2. The molecule has 0 aliphatic carbocycles. The van der Waals surface area contributed by atoms with Crippen LogP contribution in [0.4, 0.5) is 4.39 Å². The third-order valence-electron chi connectivity index (χ3n) is 2.34. The molecule has 2 heterocycles. The van der Waals surface area contributed by atoms with E-state index in [9.17, 15) is 9.18 Å². The topological polar surface area (TPSA) is 46.4 Å². The van der Waals surface area contributed by atoms with Crippen LogP contribution in [0.15, 0.2) is 16.6 Å². The van der Waals surface area contributed by atoms with E-state index in [0.29, 0.717) is 4.80 Å². The minimum atomic E-state index is -0.925. The number of amides is 1. The molecule has 1 aliphatic rings. The molecule has 1 N–H and O–H groups in total. The van der Waals surface area contributed by atoms with Gasteiger partial charge in [0.2, 0.25) is 0 Å². The number of nitrogens with one attached hydrogen (secondary N) is 1. The Morgan fingerprint density at radius 2 is 2.50 bits per heavy atom. The minimum absolute atomic E-state index is 0. The normalized spacial score (nSPS) is 25.5. The van der Waals surface area contributed by atoms with Gasteiger partial charge in [0.25, 0.3) is 5.91 Å². The lowest BCUT2D eigenvalue weighted by atomic mass is 10.2. The SMILES string of the molecule is Cl.Cn1ccsc1=NC(=O)[C@H]1C[C@H](F)CN1. The van der Waals surface area contributed by atoms with Gasteiger partial charge in [-0.1, -0.05) is 0 Å². The van der Waals surface area contributed by atoms with Crippen molar-refractivity contribution >= 4 is 29.7 Å².